The van der Waals surface area contributed by atoms with Crippen molar-refractivity contribution in [2.24, 2.45) is 0 Å². The van der Waals surface area contributed by atoms with Crippen LogP contribution >= 0.6 is 12.4 Å². The number of nitrogens with zero attached hydrogens (tertiary/aromatic N) is 2. The largest absolute Gasteiger partial charge is 0.315 e. The van der Waals surface area contributed by atoms with Gasteiger partial charge in [0.15, 0.2) is 0 Å². The maximum Gasteiger partial charge on any atom is 0.303 e. The average molecular weight is 278 g/mol. The van der Waals surface area contributed by atoms with Crippen LogP contribution < -0.4 is 5.32 Å². The Balaban J connectivity index is 0.00000144. The zero-order valence-electron chi connectivity index (χ0n) is 8.87. The van der Waals surface area contributed by atoms with E-state index in [1.165, 1.54) is 18.3 Å². The van der Waals surface area contributed by atoms with Gasteiger partial charge in [-0.2, -0.15) is 0 Å². The highest BCUT2D eigenvalue weighted by molar-refractivity contribution is 7.85. The summed E-state index contributed by atoms with van der Waals surface area (Å²) in [6.45, 7) is 1.43. The van der Waals surface area contributed by atoms with Crippen molar-refractivity contribution in [3.63, 3.8) is 0 Å². The third kappa shape index (κ3) is 2.99. The van der Waals surface area contributed by atoms with E-state index in [-0.39, 0.29) is 28.4 Å². The molecule has 1 aliphatic heterocycles. The summed E-state index contributed by atoms with van der Waals surface area (Å²) in [6, 6.07) is 2.81. The Labute approximate surface area is 107 Å². The molecule has 17 heavy (non-hydrogen) atoms. The summed E-state index contributed by atoms with van der Waals surface area (Å²) in [5, 5.41) is 13.8. The summed E-state index contributed by atoms with van der Waals surface area (Å²) in [6.07, 6.45) is 2.20. The molecule has 2 atom stereocenters. The first-order valence-electron chi connectivity index (χ1n) is 4.91. The van der Waals surface area contributed by atoms with Crippen LogP contribution in [0, 0.1) is 10.1 Å². The molecular formula is C9H12ClN3O3S. The van der Waals surface area contributed by atoms with Gasteiger partial charge in [-0.3, -0.25) is 14.3 Å². The lowest BCUT2D eigenvalue weighted by atomic mass is 10.4. The molecule has 0 aliphatic carbocycles. The van der Waals surface area contributed by atoms with Crippen LogP contribution in [0.4, 0.5) is 5.69 Å². The van der Waals surface area contributed by atoms with E-state index >= 15 is 0 Å². The standard InChI is InChI=1S/C9H11N3O3S.ClH/c13-12(14)8-2-1-4-11-9(8)16(15)7-3-5-10-6-7;/h1-2,4,7,10H,3,5-6H2;1H/t7-,16-;/m0./s1. The van der Waals surface area contributed by atoms with Gasteiger partial charge in [-0.25, -0.2) is 4.98 Å². The molecule has 1 aromatic rings. The second-order valence-electron chi connectivity index (χ2n) is 3.50. The highest BCUT2D eigenvalue weighted by Crippen LogP contribution is 2.23. The minimum atomic E-state index is -1.41. The fraction of sp³-hybridized carbons (Fsp3) is 0.444. The second kappa shape index (κ2) is 6.04. The molecule has 2 heterocycles. The first-order chi connectivity index (χ1) is 7.70. The van der Waals surface area contributed by atoms with Crippen molar-refractivity contribution in [3.05, 3.63) is 28.4 Å². The van der Waals surface area contributed by atoms with Crippen molar-refractivity contribution < 1.29 is 9.13 Å². The molecule has 0 amide bonds. The average Bonchev–Trinajstić information content (AvgIpc) is 2.81. The van der Waals surface area contributed by atoms with Gasteiger partial charge in [0.2, 0.25) is 5.03 Å². The van der Waals surface area contributed by atoms with E-state index in [4.69, 9.17) is 0 Å². The van der Waals surface area contributed by atoms with E-state index < -0.39 is 15.7 Å². The number of hydrogen-bond acceptors (Lipinski definition) is 5. The summed E-state index contributed by atoms with van der Waals surface area (Å²) in [5.74, 6) is 0. The molecule has 0 bridgehead atoms. The van der Waals surface area contributed by atoms with Gasteiger partial charge in [-0.15, -0.1) is 12.4 Å². The zero-order chi connectivity index (χ0) is 11.5. The zero-order valence-corrected chi connectivity index (χ0v) is 10.5. The number of halogens is 1. The fourth-order valence-corrected chi connectivity index (χ4v) is 3.08. The first-order valence-corrected chi connectivity index (χ1v) is 6.12. The molecule has 8 heteroatoms. The van der Waals surface area contributed by atoms with Crippen molar-refractivity contribution >= 4 is 28.9 Å². The van der Waals surface area contributed by atoms with Gasteiger partial charge in [0.1, 0.15) is 0 Å². The van der Waals surface area contributed by atoms with Crippen LogP contribution in [0.3, 0.4) is 0 Å². The third-order valence-corrected chi connectivity index (χ3v) is 4.16. The van der Waals surface area contributed by atoms with Crippen LogP contribution in [0.5, 0.6) is 0 Å². The van der Waals surface area contributed by atoms with E-state index in [0.29, 0.717) is 6.54 Å². The first kappa shape index (κ1) is 14.0. The van der Waals surface area contributed by atoms with Gasteiger partial charge in [-0.1, -0.05) is 0 Å². The molecule has 0 saturated carbocycles. The van der Waals surface area contributed by atoms with E-state index in [0.717, 1.165) is 13.0 Å². The normalized spacial score (nSPS) is 20.6. The Bertz CT molecular complexity index is 437. The molecule has 0 radical (unpaired) electrons. The van der Waals surface area contributed by atoms with Gasteiger partial charge in [0.25, 0.3) is 0 Å². The van der Waals surface area contributed by atoms with Gasteiger partial charge in [0.05, 0.1) is 21.0 Å². The molecule has 6 nitrogen and oxygen atoms in total. The summed E-state index contributed by atoms with van der Waals surface area (Å²) < 4.78 is 12.1. The van der Waals surface area contributed by atoms with Crippen molar-refractivity contribution in [1.29, 1.82) is 0 Å². The summed E-state index contributed by atoms with van der Waals surface area (Å²) in [5.41, 5.74) is -0.160. The van der Waals surface area contributed by atoms with Crippen LogP contribution in [0.15, 0.2) is 23.4 Å². The van der Waals surface area contributed by atoms with Crippen molar-refractivity contribution in [2.45, 2.75) is 16.7 Å². The molecule has 2 rings (SSSR count). The Hall–Kier alpha value is -1.05. The summed E-state index contributed by atoms with van der Waals surface area (Å²) in [4.78, 5) is 14.1. The molecular weight excluding hydrogens is 266 g/mol. The fourth-order valence-electron chi connectivity index (χ4n) is 1.65. The van der Waals surface area contributed by atoms with Crippen LogP contribution in [0.2, 0.25) is 0 Å². The number of nitro groups is 1. The lowest BCUT2D eigenvalue weighted by Gasteiger charge is -2.07. The Kier molecular flexibility index (Phi) is 4.98. The lowest BCUT2D eigenvalue weighted by Crippen LogP contribution is -2.20. The minimum Gasteiger partial charge on any atom is -0.315 e. The number of hydrogen-bond donors (Lipinski definition) is 1. The van der Waals surface area contributed by atoms with Crippen LogP contribution in [-0.2, 0) is 10.8 Å². The van der Waals surface area contributed by atoms with E-state index in [1.807, 2.05) is 0 Å². The quantitative estimate of drug-likeness (QED) is 0.655. The van der Waals surface area contributed by atoms with E-state index in [1.54, 1.807) is 0 Å². The molecule has 0 aromatic carbocycles. The Morgan fingerprint density at radius 1 is 1.59 bits per heavy atom. The molecule has 1 aromatic heterocycles. The van der Waals surface area contributed by atoms with Gasteiger partial charge in [-0.05, 0) is 19.0 Å². The Morgan fingerprint density at radius 3 is 2.94 bits per heavy atom. The maximum absolute atomic E-state index is 12.1. The smallest absolute Gasteiger partial charge is 0.303 e. The number of aromatic nitrogens is 1. The van der Waals surface area contributed by atoms with Crippen LogP contribution in [0.1, 0.15) is 6.42 Å². The molecule has 1 saturated heterocycles. The molecule has 0 unspecified atom stereocenters. The number of pyridine rings is 1. The highest BCUT2D eigenvalue weighted by Gasteiger charge is 2.28. The number of nitrogens with one attached hydrogen (secondary N) is 1. The lowest BCUT2D eigenvalue weighted by molar-refractivity contribution is -0.388. The summed E-state index contributed by atoms with van der Waals surface area (Å²) in [7, 11) is -1.41. The SMILES string of the molecule is Cl.O=[N+]([O-])c1cccnc1[S@@](=O)[C@H]1CCNC1. The monoisotopic (exact) mass is 277 g/mol. The molecule has 0 spiro atoms. The van der Waals surface area contributed by atoms with Crippen molar-refractivity contribution in [3.8, 4) is 0 Å². The molecule has 1 fully saturated rings. The topological polar surface area (TPSA) is 85.1 Å². The summed E-state index contributed by atoms with van der Waals surface area (Å²) >= 11 is 0. The van der Waals surface area contributed by atoms with Crippen LogP contribution in [-0.4, -0.2) is 32.5 Å². The molecule has 94 valence electrons. The maximum atomic E-state index is 12.1. The van der Waals surface area contributed by atoms with E-state index in [9.17, 15) is 14.3 Å². The number of rotatable bonds is 3. The molecule has 1 aliphatic rings. The molecule has 1 N–H and O–H groups in total. The third-order valence-electron chi connectivity index (χ3n) is 2.46. The minimum absolute atomic E-state index is 0. The predicted octanol–water partition coefficient (Wildman–Crippen LogP) is 0.881. The van der Waals surface area contributed by atoms with E-state index in [2.05, 4.69) is 10.3 Å². The highest BCUT2D eigenvalue weighted by atomic mass is 35.5. The van der Waals surface area contributed by atoms with Gasteiger partial charge in [0, 0.05) is 18.8 Å². The Morgan fingerprint density at radius 2 is 2.35 bits per heavy atom. The van der Waals surface area contributed by atoms with Gasteiger partial charge >= 0.3 is 5.69 Å². The second-order valence-corrected chi connectivity index (χ2v) is 5.15. The predicted molar refractivity (Wildman–Crippen MR) is 65.8 cm³/mol. The van der Waals surface area contributed by atoms with Crippen molar-refractivity contribution in [1.82, 2.24) is 10.3 Å². The van der Waals surface area contributed by atoms with Gasteiger partial charge < -0.3 is 5.32 Å². The van der Waals surface area contributed by atoms with Crippen molar-refractivity contribution in [2.75, 3.05) is 13.1 Å². The van der Waals surface area contributed by atoms with Crippen LogP contribution in [0.25, 0.3) is 0 Å².